The number of guanidine groups is 1. The lowest BCUT2D eigenvalue weighted by molar-refractivity contribution is -0.143. The molecule has 0 radical (unpaired) electrons. The number of alkyl halides is 3. The third-order valence-corrected chi connectivity index (χ3v) is 5.22. The molecule has 2 N–H and O–H groups in total. The molecular weight excluding hydrogens is 395 g/mol. The molecule has 1 aliphatic rings. The van der Waals surface area contributed by atoms with Crippen LogP contribution in [0, 0.1) is 0 Å². The number of likely N-dealkylation sites (tertiary alicyclic amines) is 1. The summed E-state index contributed by atoms with van der Waals surface area (Å²) in [7, 11) is 4.86. The first kappa shape index (κ1) is 24.3. The molecule has 1 heterocycles. The van der Waals surface area contributed by atoms with E-state index in [0.717, 1.165) is 24.4 Å². The van der Waals surface area contributed by atoms with Gasteiger partial charge in [-0.05, 0) is 52.0 Å². The number of hydrogen-bond acceptors (Lipinski definition) is 4. The van der Waals surface area contributed by atoms with Crippen LogP contribution >= 0.6 is 0 Å². The number of para-hydroxylation sites is 1. The van der Waals surface area contributed by atoms with E-state index in [-0.39, 0.29) is 6.04 Å². The second-order valence-electron chi connectivity index (χ2n) is 7.59. The van der Waals surface area contributed by atoms with Crippen LogP contribution in [0.5, 0.6) is 5.75 Å². The third-order valence-electron chi connectivity index (χ3n) is 5.22. The lowest BCUT2D eigenvalue weighted by atomic mass is 10.0. The van der Waals surface area contributed by atoms with Crippen molar-refractivity contribution in [2.45, 2.75) is 31.5 Å². The summed E-state index contributed by atoms with van der Waals surface area (Å²) in [5.41, 5.74) is 1.14. The molecule has 2 rings (SSSR count). The second kappa shape index (κ2) is 12.0. The Kier molecular flexibility index (Phi) is 9.71. The van der Waals surface area contributed by atoms with E-state index < -0.39 is 12.7 Å². The number of aliphatic imine (C=N–C) groups is 1. The first-order valence-corrected chi connectivity index (χ1v) is 10.4. The van der Waals surface area contributed by atoms with Gasteiger partial charge in [-0.1, -0.05) is 18.2 Å². The van der Waals surface area contributed by atoms with Crippen LogP contribution in [0.25, 0.3) is 0 Å². The van der Waals surface area contributed by atoms with Gasteiger partial charge in [0.1, 0.15) is 5.75 Å². The molecule has 0 saturated carbocycles. The zero-order valence-electron chi connectivity index (χ0n) is 18.1. The van der Waals surface area contributed by atoms with Gasteiger partial charge in [0.2, 0.25) is 0 Å². The van der Waals surface area contributed by atoms with Crippen molar-refractivity contribution in [2.24, 2.45) is 4.99 Å². The van der Waals surface area contributed by atoms with Gasteiger partial charge in [0.05, 0.1) is 19.7 Å². The van der Waals surface area contributed by atoms with Gasteiger partial charge in [-0.3, -0.25) is 14.8 Å². The monoisotopic (exact) mass is 429 g/mol. The molecule has 1 fully saturated rings. The molecule has 1 aromatic carbocycles. The number of nitrogens with one attached hydrogen (secondary N) is 2. The van der Waals surface area contributed by atoms with Crippen molar-refractivity contribution in [3.05, 3.63) is 29.8 Å². The number of methoxy groups -OCH3 is 1. The van der Waals surface area contributed by atoms with Crippen LogP contribution in [-0.4, -0.2) is 82.4 Å². The maximum Gasteiger partial charge on any atom is 0.401 e. The lowest BCUT2D eigenvalue weighted by Gasteiger charge is -2.30. The van der Waals surface area contributed by atoms with E-state index in [0.29, 0.717) is 32.0 Å². The maximum absolute atomic E-state index is 12.4. The van der Waals surface area contributed by atoms with Crippen molar-refractivity contribution in [2.75, 3.05) is 60.5 Å². The summed E-state index contributed by atoms with van der Waals surface area (Å²) >= 11 is 0. The molecule has 1 aliphatic heterocycles. The van der Waals surface area contributed by atoms with Crippen LogP contribution in [-0.2, 0) is 0 Å². The minimum absolute atomic E-state index is 0.153. The molecule has 0 aromatic heterocycles. The SMILES string of the molecule is CN=C(NCCCN(C)CC(F)(F)F)NCC(c1ccccc1OC)N1CCCC1. The maximum atomic E-state index is 12.4. The fourth-order valence-corrected chi connectivity index (χ4v) is 3.79. The van der Waals surface area contributed by atoms with E-state index in [1.54, 1.807) is 14.2 Å². The van der Waals surface area contributed by atoms with Crippen LogP contribution in [0.3, 0.4) is 0 Å². The van der Waals surface area contributed by atoms with Crippen molar-refractivity contribution in [3.63, 3.8) is 0 Å². The second-order valence-corrected chi connectivity index (χ2v) is 7.59. The molecular formula is C21H34F3N5O. The highest BCUT2D eigenvalue weighted by molar-refractivity contribution is 5.79. The Balaban J connectivity index is 1.87. The normalized spacial score (nSPS) is 16.7. The van der Waals surface area contributed by atoms with Crippen LogP contribution in [0.2, 0.25) is 0 Å². The van der Waals surface area contributed by atoms with E-state index in [4.69, 9.17) is 4.74 Å². The number of ether oxygens (including phenoxy) is 1. The molecule has 0 bridgehead atoms. The molecule has 0 spiro atoms. The van der Waals surface area contributed by atoms with Crippen molar-refractivity contribution >= 4 is 5.96 Å². The summed E-state index contributed by atoms with van der Waals surface area (Å²) in [5, 5.41) is 6.57. The van der Waals surface area contributed by atoms with Crippen molar-refractivity contribution in [1.82, 2.24) is 20.4 Å². The largest absolute Gasteiger partial charge is 0.496 e. The van der Waals surface area contributed by atoms with Gasteiger partial charge in [-0.25, -0.2) is 0 Å². The standard InChI is InChI=1S/C21H34F3N5O/c1-25-20(26-11-8-12-28(2)16-21(22,23)24)27-15-18(29-13-6-7-14-29)17-9-4-5-10-19(17)30-3/h4-5,9-10,18H,6-8,11-16H2,1-3H3,(H2,25,26,27). The number of nitrogens with zero attached hydrogens (tertiary/aromatic N) is 3. The van der Waals surface area contributed by atoms with Crippen molar-refractivity contribution in [3.8, 4) is 5.75 Å². The van der Waals surface area contributed by atoms with Gasteiger partial charge in [-0.15, -0.1) is 0 Å². The molecule has 0 amide bonds. The van der Waals surface area contributed by atoms with E-state index in [1.807, 2.05) is 18.2 Å². The number of halogens is 3. The Morgan fingerprint density at radius 2 is 1.93 bits per heavy atom. The topological polar surface area (TPSA) is 52.1 Å². The van der Waals surface area contributed by atoms with Gasteiger partial charge in [-0.2, -0.15) is 13.2 Å². The molecule has 9 heteroatoms. The van der Waals surface area contributed by atoms with Gasteiger partial charge in [0.15, 0.2) is 5.96 Å². The predicted molar refractivity (Wildman–Crippen MR) is 114 cm³/mol. The van der Waals surface area contributed by atoms with E-state index in [9.17, 15) is 13.2 Å². The Morgan fingerprint density at radius 3 is 2.57 bits per heavy atom. The van der Waals surface area contributed by atoms with E-state index >= 15 is 0 Å². The van der Waals surface area contributed by atoms with Crippen molar-refractivity contribution in [1.29, 1.82) is 0 Å². The smallest absolute Gasteiger partial charge is 0.401 e. The zero-order valence-corrected chi connectivity index (χ0v) is 18.1. The first-order valence-electron chi connectivity index (χ1n) is 10.4. The number of benzene rings is 1. The molecule has 1 saturated heterocycles. The lowest BCUT2D eigenvalue weighted by Crippen LogP contribution is -2.43. The highest BCUT2D eigenvalue weighted by Crippen LogP contribution is 2.31. The van der Waals surface area contributed by atoms with Crippen LogP contribution < -0.4 is 15.4 Å². The van der Waals surface area contributed by atoms with Gasteiger partial charge in [0.25, 0.3) is 0 Å². The molecule has 1 atom stereocenters. The predicted octanol–water partition coefficient (Wildman–Crippen LogP) is 2.88. The summed E-state index contributed by atoms with van der Waals surface area (Å²) in [6.07, 6.45) is -1.20. The summed E-state index contributed by atoms with van der Waals surface area (Å²) in [4.78, 5) is 7.98. The summed E-state index contributed by atoms with van der Waals surface area (Å²) < 4.78 is 42.8. The molecule has 1 aromatic rings. The summed E-state index contributed by atoms with van der Waals surface area (Å²) in [6.45, 7) is 2.76. The highest BCUT2D eigenvalue weighted by Gasteiger charge is 2.29. The Hall–Kier alpha value is -2.00. The molecule has 30 heavy (non-hydrogen) atoms. The molecule has 170 valence electrons. The van der Waals surface area contributed by atoms with Crippen LogP contribution in [0.4, 0.5) is 13.2 Å². The first-order chi connectivity index (χ1) is 14.3. The summed E-state index contributed by atoms with van der Waals surface area (Å²) in [6, 6.07) is 8.21. The summed E-state index contributed by atoms with van der Waals surface area (Å²) in [5.74, 6) is 1.51. The quantitative estimate of drug-likeness (QED) is 0.340. The Bertz CT molecular complexity index is 662. The highest BCUT2D eigenvalue weighted by atomic mass is 19.4. The third kappa shape index (κ3) is 8.02. The van der Waals surface area contributed by atoms with Gasteiger partial charge >= 0.3 is 6.18 Å². The van der Waals surface area contributed by atoms with Crippen LogP contribution in [0.1, 0.15) is 30.9 Å². The minimum Gasteiger partial charge on any atom is -0.496 e. The molecule has 1 unspecified atom stereocenters. The zero-order chi connectivity index (χ0) is 22.0. The van der Waals surface area contributed by atoms with E-state index in [1.165, 1.54) is 24.8 Å². The fourth-order valence-electron chi connectivity index (χ4n) is 3.79. The van der Waals surface area contributed by atoms with E-state index in [2.05, 4.69) is 26.6 Å². The Labute approximate surface area is 177 Å². The number of hydrogen-bond donors (Lipinski definition) is 2. The molecule has 0 aliphatic carbocycles. The minimum atomic E-state index is -4.16. The van der Waals surface area contributed by atoms with Gasteiger partial charge < -0.3 is 15.4 Å². The average Bonchev–Trinajstić information content (AvgIpc) is 3.23. The molecule has 6 nitrogen and oxygen atoms in total. The van der Waals surface area contributed by atoms with Crippen molar-refractivity contribution < 1.29 is 17.9 Å². The van der Waals surface area contributed by atoms with Gasteiger partial charge in [0, 0.05) is 25.7 Å². The fraction of sp³-hybridized carbons (Fsp3) is 0.667. The number of rotatable bonds is 10. The Morgan fingerprint density at radius 1 is 1.23 bits per heavy atom. The van der Waals surface area contributed by atoms with Crippen LogP contribution in [0.15, 0.2) is 29.3 Å². The average molecular weight is 430 g/mol.